The Labute approximate surface area is 140 Å². The molecule has 0 bridgehead atoms. The number of amides is 1. The number of hydrogen-bond acceptors (Lipinski definition) is 5. The first-order valence-corrected chi connectivity index (χ1v) is 7.90. The van der Waals surface area contributed by atoms with Crippen LogP contribution in [0, 0.1) is 24.2 Å². The molecule has 1 saturated heterocycles. The largest absolute Gasteiger partial charge is 0.346 e. The first-order chi connectivity index (χ1) is 12.1. The van der Waals surface area contributed by atoms with Gasteiger partial charge in [0.1, 0.15) is 11.2 Å². The summed E-state index contributed by atoms with van der Waals surface area (Å²) in [4.78, 5) is 34.3. The zero-order valence-electron chi connectivity index (χ0n) is 13.3. The van der Waals surface area contributed by atoms with Crippen molar-refractivity contribution in [2.45, 2.75) is 6.92 Å². The summed E-state index contributed by atoms with van der Waals surface area (Å²) in [6.07, 6.45) is 3.30. The molecule has 122 valence electrons. The van der Waals surface area contributed by atoms with Crippen molar-refractivity contribution in [1.82, 2.24) is 24.6 Å². The van der Waals surface area contributed by atoms with Crippen molar-refractivity contribution in [1.29, 1.82) is 5.26 Å². The monoisotopic (exact) mass is 332 g/mol. The van der Waals surface area contributed by atoms with Gasteiger partial charge in [-0.05, 0) is 18.4 Å². The van der Waals surface area contributed by atoms with E-state index in [0.29, 0.717) is 35.2 Å². The fourth-order valence-electron chi connectivity index (χ4n) is 3.58. The molecule has 0 aliphatic carbocycles. The van der Waals surface area contributed by atoms with Crippen molar-refractivity contribution in [3.05, 3.63) is 34.4 Å². The van der Waals surface area contributed by atoms with Crippen LogP contribution in [0.5, 0.6) is 0 Å². The second-order valence-electron chi connectivity index (χ2n) is 6.35. The summed E-state index contributed by atoms with van der Waals surface area (Å²) in [7, 11) is 0. The molecule has 1 aromatic carbocycles. The number of rotatable bonds is 0. The lowest BCUT2D eigenvalue weighted by Crippen LogP contribution is -2.51. The molecule has 3 aromatic heterocycles. The van der Waals surface area contributed by atoms with E-state index >= 15 is 0 Å². The molecule has 0 saturated carbocycles. The minimum absolute atomic E-state index is 0.128. The van der Waals surface area contributed by atoms with Gasteiger partial charge in [0, 0.05) is 36.3 Å². The average molecular weight is 332 g/mol. The van der Waals surface area contributed by atoms with Crippen molar-refractivity contribution in [2.24, 2.45) is 5.92 Å². The summed E-state index contributed by atoms with van der Waals surface area (Å²) in [5.74, 6) is -0.128. The van der Waals surface area contributed by atoms with Gasteiger partial charge >= 0.3 is 6.03 Å². The molecule has 1 aliphatic rings. The Morgan fingerprint density at radius 3 is 2.92 bits per heavy atom. The van der Waals surface area contributed by atoms with Crippen LogP contribution in [0.1, 0.15) is 5.69 Å². The number of carbonyl (C=O) groups excluding carboxylic acids is 1. The Kier molecular flexibility index (Phi) is 2.53. The highest BCUT2D eigenvalue weighted by Crippen LogP contribution is 2.31. The SMILES string of the molecule is Cc1c2c(nn1C(=O)N1CC(C#N)C1)c(=O)c1cnc3[nH]ccc2c31. The molecule has 1 amide bonds. The Morgan fingerprint density at radius 1 is 1.36 bits per heavy atom. The van der Waals surface area contributed by atoms with Gasteiger partial charge in [-0.2, -0.15) is 15.0 Å². The number of aromatic nitrogens is 4. The summed E-state index contributed by atoms with van der Waals surface area (Å²) >= 11 is 0. The van der Waals surface area contributed by atoms with Gasteiger partial charge in [0.05, 0.1) is 23.1 Å². The number of fused-ring (bicyclic) bond motifs is 2. The molecule has 8 heteroatoms. The van der Waals surface area contributed by atoms with Gasteiger partial charge in [-0.1, -0.05) is 0 Å². The molecule has 25 heavy (non-hydrogen) atoms. The maximum atomic E-state index is 12.8. The number of likely N-dealkylation sites (tertiary alicyclic amines) is 1. The fraction of sp³-hybridized carbons (Fsp3) is 0.235. The number of carbonyl (C=O) groups is 1. The number of aryl methyl sites for hydroxylation is 1. The minimum atomic E-state index is -0.303. The number of aromatic amines is 1. The van der Waals surface area contributed by atoms with Crippen LogP contribution >= 0.6 is 0 Å². The summed E-state index contributed by atoms with van der Waals surface area (Å²) < 4.78 is 1.28. The first-order valence-electron chi connectivity index (χ1n) is 7.90. The summed E-state index contributed by atoms with van der Waals surface area (Å²) in [5.41, 5.74) is 1.31. The summed E-state index contributed by atoms with van der Waals surface area (Å²) in [6, 6.07) is 3.71. The van der Waals surface area contributed by atoms with E-state index in [1.54, 1.807) is 24.2 Å². The molecule has 4 heterocycles. The number of hydrogen-bond donors (Lipinski definition) is 1. The number of benzene rings is 1. The lowest BCUT2D eigenvalue weighted by Gasteiger charge is -2.34. The normalized spacial score (nSPS) is 15.1. The van der Waals surface area contributed by atoms with E-state index in [2.05, 4.69) is 21.1 Å². The molecular formula is C17H12N6O2. The van der Waals surface area contributed by atoms with Gasteiger partial charge in [0.2, 0.25) is 5.43 Å². The lowest BCUT2D eigenvalue weighted by molar-refractivity contribution is 0.142. The van der Waals surface area contributed by atoms with Gasteiger partial charge in [0.15, 0.2) is 0 Å². The van der Waals surface area contributed by atoms with Gasteiger partial charge in [-0.3, -0.25) is 4.79 Å². The van der Waals surface area contributed by atoms with Crippen LogP contribution in [0.3, 0.4) is 0 Å². The fourth-order valence-corrected chi connectivity index (χ4v) is 3.58. The van der Waals surface area contributed by atoms with Crippen molar-refractivity contribution >= 4 is 38.7 Å². The maximum absolute atomic E-state index is 12.8. The molecule has 1 fully saturated rings. The van der Waals surface area contributed by atoms with Crippen LogP contribution in [0.2, 0.25) is 0 Å². The van der Waals surface area contributed by atoms with E-state index in [-0.39, 0.29) is 22.9 Å². The lowest BCUT2D eigenvalue weighted by atomic mass is 10.0. The zero-order valence-corrected chi connectivity index (χ0v) is 13.3. The van der Waals surface area contributed by atoms with E-state index in [1.165, 1.54) is 4.68 Å². The van der Waals surface area contributed by atoms with Crippen molar-refractivity contribution in [3.8, 4) is 6.07 Å². The topological polar surface area (TPSA) is 108 Å². The van der Waals surface area contributed by atoms with E-state index in [0.717, 1.165) is 10.8 Å². The first kappa shape index (κ1) is 13.9. The number of nitrogens with one attached hydrogen (secondary N) is 1. The number of H-pyrrole nitrogens is 1. The Morgan fingerprint density at radius 2 is 2.16 bits per heavy atom. The van der Waals surface area contributed by atoms with E-state index in [9.17, 15) is 9.59 Å². The highest BCUT2D eigenvalue weighted by atomic mass is 16.2. The van der Waals surface area contributed by atoms with Crippen molar-refractivity contribution in [2.75, 3.05) is 13.1 Å². The second kappa shape index (κ2) is 4.54. The third kappa shape index (κ3) is 1.64. The Bertz CT molecular complexity index is 1270. The van der Waals surface area contributed by atoms with E-state index < -0.39 is 0 Å². The summed E-state index contributed by atoms with van der Waals surface area (Å²) in [5, 5.41) is 16.0. The quantitative estimate of drug-likeness (QED) is 0.526. The maximum Gasteiger partial charge on any atom is 0.345 e. The van der Waals surface area contributed by atoms with E-state index in [1.807, 2.05) is 6.07 Å². The smallest absolute Gasteiger partial charge is 0.345 e. The second-order valence-corrected chi connectivity index (χ2v) is 6.35. The third-order valence-corrected chi connectivity index (χ3v) is 4.93. The van der Waals surface area contributed by atoms with Crippen LogP contribution in [-0.2, 0) is 0 Å². The highest BCUT2D eigenvalue weighted by molar-refractivity contribution is 6.20. The predicted molar refractivity (Wildman–Crippen MR) is 90.6 cm³/mol. The molecule has 1 N–H and O–H groups in total. The molecular weight excluding hydrogens is 320 g/mol. The van der Waals surface area contributed by atoms with Crippen LogP contribution in [-0.4, -0.2) is 43.8 Å². The standard InChI is InChI=1S/C17H12N6O2/c1-8-12-10-2-3-19-16-13(10)11(5-20-16)15(24)14(12)21-23(8)17(25)22-6-9(4-18)7-22/h2-3,5,9H,6-7H2,1H3,(H,19,20). The zero-order chi connectivity index (χ0) is 17.3. The van der Waals surface area contributed by atoms with Crippen LogP contribution < -0.4 is 5.43 Å². The Hall–Kier alpha value is -3.47. The van der Waals surface area contributed by atoms with Gasteiger partial charge in [-0.15, -0.1) is 0 Å². The number of nitrogens with zero attached hydrogens (tertiary/aromatic N) is 5. The van der Waals surface area contributed by atoms with Crippen LogP contribution in [0.15, 0.2) is 23.3 Å². The third-order valence-electron chi connectivity index (χ3n) is 4.93. The van der Waals surface area contributed by atoms with Crippen molar-refractivity contribution < 1.29 is 4.79 Å². The number of nitriles is 1. The highest BCUT2D eigenvalue weighted by Gasteiger charge is 2.33. The molecule has 0 radical (unpaired) electrons. The average Bonchev–Trinajstić information content (AvgIpc) is 3.14. The molecule has 5 rings (SSSR count). The molecule has 8 nitrogen and oxygen atoms in total. The molecule has 0 unspecified atom stereocenters. The van der Waals surface area contributed by atoms with Gasteiger partial charge < -0.3 is 9.88 Å². The van der Waals surface area contributed by atoms with E-state index in [4.69, 9.17) is 5.26 Å². The van der Waals surface area contributed by atoms with Crippen LogP contribution in [0.25, 0.3) is 32.7 Å². The molecule has 1 aliphatic heterocycles. The van der Waals surface area contributed by atoms with Gasteiger partial charge in [-0.25, -0.2) is 9.78 Å². The molecule has 0 spiro atoms. The molecule has 4 aromatic rings. The van der Waals surface area contributed by atoms with Crippen molar-refractivity contribution in [3.63, 3.8) is 0 Å². The van der Waals surface area contributed by atoms with Crippen LogP contribution in [0.4, 0.5) is 4.79 Å². The Balaban J connectivity index is 1.78. The van der Waals surface area contributed by atoms with Gasteiger partial charge in [0.25, 0.3) is 0 Å². The predicted octanol–water partition coefficient (Wildman–Crippen LogP) is 1.60. The number of pyridine rings is 1. The molecule has 0 atom stereocenters. The summed E-state index contributed by atoms with van der Waals surface area (Å²) in [6.45, 7) is 2.57. The minimum Gasteiger partial charge on any atom is -0.346 e.